The molecule has 2 fully saturated rings. The number of aliphatic carboxylic acids is 2. The van der Waals surface area contributed by atoms with Crippen molar-refractivity contribution in [2.45, 2.75) is 91.9 Å². The van der Waals surface area contributed by atoms with E-state index in [9.17, 15) is 38.2 Å². The summed E-state index contributed by atoms with van der Waals surface area (Å²) in [5.74, 6) is -2.01. The molecule has 2 aliphatic rings. The van der Waals surface area contributed by atoms with Crippen LogP contribution in [0.4, 0.5) is 13.2 Å². The highest BCUT2D eigenvalue weighted by Gasteiger charge is 2.62. The van der Waals surface area contributed by atoms with Gasteiger partial charge in [0.05, 0.1) is 36.5 Å². The van der Waals surface area contributed by atoms with Crippen LogP contribution in [0, 0.1) is 26.9 Å². The van der Waals surface area contributed by atoms with Gasteiger partial charge in [0.1, 0.15) is 0 Å². The Hall–Kier alpha value is -0.920. The summed E-state index contributed by atoms with van der Waals surface area (Å²) in [5.41, 5.74) is -4.14. The number of hydrogen-bond donors (Lipinski definition) is 2. The van der Waals surface area contributed by atoms with E-state index in [2.05, 4.69) is 0 Å². The van der Waals surface area contributed by atoms with Gasteiger partial charge >= 0.3 is 18.1 Å². The third kappa shape index (κ3) is 5.99. The molecule has 1 unspecified atom stereocenters. The van der Waals surface area contributed by atoms with Crippen LogP contribution in [0.25, 0.3) is 0 Å². The summed E-state index contributed by atoms with van der Waals surface area (Å²) < 4.78 is 42.2. The SMILES string of the molecule is CC1(C)[C@@H](N(CC[N+]([O-])(CC/C=C/[131I])[C@@H]2CC[C@](C)(C(=O)O)C2(C)C)CC(F)(F)F)CC[C@@]1(C)C(=O)O. The third-order valence-electron chi connectivity index (χ3n) is 10.2. The Balaban J connectivity index is 2.43. The third-order valence-corrected chi connectivity index (χ3v) is 10.7. The van der Waals surface area contributed by atoms with Gasteiger partial charge in [0.15, 0.2) is 0 Å². The fraction of sp³-hybridized carbons (Fsp3) is 0.846. The van der Waals surface area contributed by atoms with E-state index in [0.717, 1.165) is 0 Å². The molecule has 0 aliphatic heterocycles. The number of nitrogens with zero attached hydrogens (tertiary/aromatic N) is 2. The molecule has 0 saturated heterocycles. The predicted octanol–water partition coefficient (Wildman–Crippen LogP) is 6.06. The number of hydroxylamine groups is 3. The lowest BCUT2D eigenvalue weighted by molar-refractivity contribution is -0.911. The van der Waals surface area contributed by atoms with Crippen LogP contribution < -0.4 is 0 Å². The summed E-state index contributed by atoms with van der Waals surface area (Å²) in [6.07, 6.45) is -1.03. The molecule has 7 nitrogen and oxygen atoms in total. The molecule has 214 valence electrons. The maximum absolute atomic E-state index is 14.5. The normalized spacial score (nSPS) is 33.2. The highest BCUT2D eigenvalue weighted by atomic mass is 131. The predicted molar refractivity (Wildman–Crippen MR) is 144 cm³/mol. The van der Waals surface area contributed by atoms with Gasteiger partial charge in [0.25, 0.3) is 0 Å². The van der Waals surface area contributed by atoms with Gasteiger partial charge in [-0.1, -0.05) is 56.4 Å². The van der Waals surface area contributed by atoms with Crippen LogP contribution >= 0.6 is 22.6 Å². The molecule has 0 amide bonds. The number of alkyl halides is 3. The fourth-order valence-corrected chi connectivity index (χ4v) is 7.19. The van der Waals surface area contributed by atoms with Crippen LogP contribution in [0.1, 0.15) is 73.6 Å². The van der Waals surface area contributed by atoms with E-state index >= 15 is 0 Å². The minimum Gasteiger partial charge on any atom is -0.633 e. The number of rotatable bonds is 11. The Bertz CT molecular complexity index is 896. The molecule has 0 radical (unpaired) electrons. The Morgan fingerprint density at radius 3 is 1.95 bits per heavy atom. The molecule has 0 aromatic rings. The van der Waals surface area contributed by atoms with Gasteiger partial charge in [-0.25, -0.2) is 0 Å². The first-order chi connectivity index (χ1) is 16.7. The van der Waals surface area contributed by atoms with Crippen molar-refractivity contribution >= 4 is 34.5 Å². The second-order valence-electron chi connectivity index (χ2n) is 12.5. The molecule has 0 spiro atoms. The molecular formula is C26H42F3IN2O5. The van der Waals surface area contributed by atoms with E-state index in [1.165, 1.54) is 4.90 Å². The van der Waals surface area contributed by atoms with E-state index < -0.39 is 63.0 Å². The minimum absolute atomic E-state index is 0.129. The molecule has 2 rings (SSSR count). The van der Waals surface area contributed by atoms with Gasteiger partial charge < -0.3 is 20.1 Å². The monoisotopic (exact) mass is 650 g/mol. The average molecular weight is 651 g/mol. The van der Waals surface area contributed by atoms with E-state index in [1.54, 1.807) is 45.6 Å². The molecule has 37 heavy (non-hydrogen) atoms. The first-order valence-electron chi connectivity index (χ1n) is 12.8. The van der Waals surface area contributed by atoms with Crippen LogP contribution in [-0.4, -0.2) is 76.1 Å². The van der Waals surface area contributed by atoms with E-state index in [1.807, 2.05) is 28.7 Å². The summed E-state index contributed by atoms with van der Waals surface area (Å²) in [6, 6.07) is -1.26. The Morgan fingerprint density at radius 2 is 1.51 bits per heavy atom. The largest absolute Gasteiger partial charge is 0.633 e. The smallest absolute Gasteiger partial charge is 0.401 e. The van der Waals surface area contributed by atoms with Gasteiger partial charge in [-0.3, -0.25) is 14.5 Å². The molecule has 0 aromatic carbocycles. The lowest BCUT2D eigenvalue weighted by atomic mass is 9.67. The van der Waals surface area contributed by atoms with E-state index in [-0.39, 0.29) is 32.5 Å². The molecule has 5 atom stereocenters. The first kappa shape index (κ1) is 32.3. The lowest BCUT2D eigenvalue weighted by Crippen LogP contribution is -2.61. The molecule has 11 heteroatoms. The van der Waals surface area contributed by atoms with Gasteiger partial charge in [0.2, 0.25) is 0 Å². The highest BCUT2D eigenvalue weighted by molar-refractivity contribution is 14.1. The number of carboxylic acid groups (broad SMARTS) is 2. The van der Waals surface area contributed by atoms with Gasteiger partial charge in [-0.05, 0) is 42.6 Å². The summed E-state index contributed by atoms with van der Waals surface area (Å²) in [6.45, 7) is 8.80. The van der Waals surface area contributed by atoms with Crippen LogP contribution in [0.3, 0.4) is 0 Å². The summed E-state index contributed by atoms with van der Waals surface area (Å²) >= 11 is 2.04. The van der Waals surface area contributed by atoms with Gasteiger partial charge in [-0.2, -0.15) is 13.2 Å². The number of hydrogen-bond acceptors (Lipinski definition) is 4. The second-order valence-corrected chi connectivity index (χ2v) is 13.2. The molecule has 2 aliphatic carbocycles. The number of halogens is 4. The topological polar surface area (TPSA) is 101 Å². The molecule has 2 saturated carbocycles. The molecular weight excluding hydrogens is 608 g/mol. The van der Waals surface area contributed by atoms with Gasteiger partial charge in [-0.15, -0.1) is 0 Å². The van der Waals surface area contributed by atoms with Crippen molar-refractivity contribution in [3.05, 3.63) is 15.4 Å². The highest BCUT2D eigenvalue weighted by Crippen LogP contribution is 2.57. The summed E-state index contributed by atoms with van der Waals surface area (Å²) in [7, 11) is 0. The van der Waals surface area contributed by atoms with E-state index in [4.69, 9.17) is 0 Å². The quantitative estimate of drug-likeness (QED) is 0.160. The van der Waals surface area contributed by atoms with Crippen molar-refractivity contribution in [3.63, 3.8) is 0 Å². The molecule has 0 aromatic heterocycles. The van der Waals surface area contributed by atoms with E-state index in [0.29, 0.717) is 19.3 Å². The first-order valence-corrected chi connectivity index (χ1v) is 14.0. The molecule has 2 N–H and O–H groups in total. The number of carbonyl (C=O) groups is 2. The Kier molecular flexibility index (Phi) is 9.53. The standard InChI is InChI=1S/C26H42F3IN2O5/c1-22(2)18(9-11-24(22,5)20(33)34)31(17-26(27,28)29)14-16-32(37,15-8-7-13-30)19-10-12-25(6,21(35)36)23(19,3)4/h7,13,18-19H,8-12,14-17H2,1-6H3,(H,33,34)(H,35,36)/b13-7+/t18-,19+,24-,25+,32?/m0/s1/i30+4. The molecule has 0 heterocycles. The van der Waals surface area contributed by atoms with Gasteiger partial charge in [0, 0.05) is 30.8 Å². The number of quaternary nitrogens is 1. The zero-order chi connectivity index (χ0) is 28.7. The Morgan fingerprint density at radius 1 is 1.00 bits per heavy atom. The maximum Gasteiger partial charge on any atom is 0.401 e. The Labute approximate surface area is 231 Å². The summed E-state index contributed by atoms with van der Waals surface area (Å²) in [4.78, 5) is 25.5. The maximum atomic E-state index is 14.5. The fourth-order valence-electron chi connectivity index (χ4n) is 6.83. The van der Waals surface area contributed by atoms with Crippen LogP contribution in [0.2, 0.25) is 0 Å². The minimum atomic E-state index is -4.52. The number of carboxylic acids is 2. The average Bonchev–Trinajstić information content (AvgIpc) is 3.15. The van der Waals surface area contributed by atoms with Crippen molar-refractivity contribution < 1.29 is 37.6 Å². The zero-order valence-corrected chi connectivity index (χ0v) is 24.9. The van der Waals surface area contributed by atoms with Crippen LogP contribution in [0.5, 0.6) is 0 Å². The second kappa shape index (κ2) is 10.9. The lowest BCUT2D eigenvalue weighted by Gasteiger charge is -2.55. The van der Waals surface area contributed by atoms with Crippen molar-refractivity contribution in [3.8, 4) is 0 Å². The summed E-state index contributed by atoms with van der Waals surface area (Å²) in [5, 5.41) is 34.3. The van der Waals surface area contributed by atoms with Crippen LogP contribution in [-0.2, 0) is 9.59 Å². The molecule has 0 bridgehead atoms. The van der Waals surface area contributed by atoms with Crippen LogP contribution in [0.15, 0.2) is 10.2 Å². The van der Waals surface area contributed by atoms with Crippen molar-refractivity contribution in [1.82, 2.24) is 4.90 Å². The van der Waals surface area contributed by atoms with Crippen molar-refractivity contribution in [2.75, 3.05) is 26.2 Å². The zero-order valence-electron chi connectivity index (χ0n) is 22.7. The van der Waals surface area contributed by atoms with Crippen molar-refractivity contribution in [1.29, 1.82) is 0 Å². The van der Waals surface area contributed by atoms with Crippen molar-refractivity contribution in [2.24, 2.45) is 21.7 Å².